The van der Waals surface area contributed by atoms with Crippen LogP contribution in [0.4, 0.5) is 34.1 Å². The van der Waals surface area contributed by atoms with Crippen molar-refractivity contribution in [3.63, 3.8) is 0 Å². The fourth-order valence-electron chi connectivity index (χ4n) is 3.33. The zero-order chi connectivity index (χ0) is 21.6. The average Bonchev–Trinajstić information content (AvgIpc) is 3.13. The molecule has 2 heterocycles. The van der Waals surface area contributed by atoms with Gasteiger partial charge in [-0.1, -0.05) is 6.07 Å². The van der Waals surface area contributed by atoms with E-state index < -0.39 is 18.9 Å². The number of halogens is 3. The maximum Gasteiger partial charge on any atom is 0.414 e. The second-order valence-corrected chi connectivity index (χ2v) is 7.10. The molecule has 1 aromatic rings. The van der Waals surface area contributed by atoms with Crippen LogP contribution < -0.4 is 10.2 Å². The van der Waals surface area contributed by atoms with Crippen LogP contribution in [-0.4, -0.2) is 87.2 Å². The van der Waals surface area contributed by atoms with Gasteiger partial charge in [0.25, 0.3) is 0 Å². The molecule has 2 aliphatic rings. The summed E-state index contributed by atoms with van der Waals surface area (Å²) in [6.45, 7) is 2.61. The normalized spacial score (nSPS) is 17.9. The molecule has 0 radical (unpaired) electrons. The number of ether oxygens (including phenoxy) is 2. The molecular formula is C19H25F3N4O4. The molecule has 0 spiro atoms. The van der Waals surface area contributed by atoms with Gasteiger partial charge in [0.15, 0.2) is 0 Å². The van der Waals surface area contributed by atoms with Crippen LogP contribution in [0.3, 0.4) is 0 Å². The number of hydrogen-bond donors (Lipinski definition) is 1. The Bertz CT molecular complexity index is 739. The van der Waals surface area contributed by atoms with Gasteiger partial charge in [0, 0.05) is 50.7 Å². The smallest absolute Gasteiger partial charge is 0.414 e. The van der Waals surface area contributed by atoms with Crippen LogP contribution in [0, 0.1) is 0 Å². The Morgan fingerprint density at radius 3 is 2.60 bits per heavy atom. The number of cyclic esters (lactones) is 1. The largest absolute Gasteiger partial charge is 0.447 e. The number of piperazine rings is 1. The van der Waals surface area contributed by atoms with Gasteiger partial charge in [-0.2, -0.15) is 13.2 Å². The molecule has 0 aromatic heterocycles. The van der Waals surface area contributed by atoms with E-state index in [1.165, 1.54) is 4.90 Å². The third-order valence-electron chi connectivity index (χ3n) is 4.86. The molecule has 2 aliphatic heterocycles. The van der Waals surface area contributed by atoms with Crippen molar-refractivity contribution in [3.05, 3.63) is 24.3 Å². The second kappa shape index (κ2) is 9.98. The number of nitrogens with zero attached hydrogens (tertiary/aromatic N) is 3. The monoisotopic (exact) mass is 430 g/mol. The van der Waals surface area contributed by atoms with Crippen molar-refractivity contribution in [2.24, 2.45) is 0 Å². The molecule has 30 heavy (non-hydrogen) atoms. The van der Waals surface area contributed by atoms with E-state index in [0.717, 1.165) is 0 Å². The van der Waals surface area contributed by atoms with Crippen molar-refractivity contribution in [3.8, 4) is 0 Å². The van der Waals surface area contributed by atoms with Crippen LogP contribution in [0.1, 0.15) is 6.42 Å². The molecule has 3 rings (SSSR count). The van der Waals surface area contributed by atoms with E-state index in [9.17, 15) is 22.8 Å². The Morgan fingerprint density at radius 1 is 1.17 bits per heavy atom. The van der Waals surface area contributed by atoms with Crippen LogP contribution in [0.2, 0.25) is 0 Å². The van der Waals surface area contributed by atoms with Gasteiger partial charge in [0.05, 0.1) is 6.54 Å². The third kappa shape index (κ3) is 6.49. The number of rotatable bonds is 7. The Labute approximate surface area is 172 Å². The van der Waals surface area contributed by atoms with Gasteiger partial charge in [-0.25, -0.2) is 9.59 Å². The number of carbonyl (C=O) groups is 2. The SMILES string of the molecule is O=C(Nc1cccc(N2CCOC2=O)c1)N1CCN(CCCOCC(F)(F)F)CC1. The van der Waals surface area contributed by atoms with E-state index in [4.69, 9.17) is 4.74 Å². The van der Waals surface area contributed by atoms with Gasteiger partial charge < -0.3 is 19.7 Å². The lowest BCUT2D eigenvalue weighted by Crippen LogP contribution is -2.50. The zero-order valence-electron chi connectivity index (χ0n) is 16.5. The van der Waals surface area contributed by atoms with Crippen molar-refractivity contribution >= 4 is 23.5 Å². The Morgan fingerprint density at radius 2 is 1.93 bits per heavy atom. The molecule has 166 valence electrons. The first-order valence-electron chi connectivity index (χ1n) is 9.79. The number of hydrogen-bond acceptors (Lipinski definition) is 5. The van der Waals surface area contributed by atoms with Crippen molar-refractivity contribution in [1.82, 2.24) is 9.80 Å². The van der Waals surface area contributed by atoms with E-state index in [-0.39, 0.29) is 12.6 Å². The van der Waals surface area contributed by atoms with Crippen molar-refractivity contribution < 1.29 is 32.2 Å². The summed E-state index contributed by atoms with van der Waals surface area (Å²) in [7, 11) is 0. The highest BCUT2D eigenvalue weighted by atomic mass is 19.4. The van der Waals surface area contributed by atoms with Crippen LogP contribution in [0.5, 0.6) is 0 Å². The van der Waals surface area contributed by atoms with E-state index in [0.29, 0.717) is 63.7 Å². The summed E-state index contributed by atoms with van der Waals surface area (Å²) in [5.41, 5.74) is 1.24. The number of carbonyl (C=O) groups excluding carboxylic acids is 2. The zero-order valence-corrected chi connectivity index (χ0v) is 16.5. The lowest BCUT2D eigenvalue weighted by Gasteiger charge is -2.34. The molecule has 2 saturated heterocycles. The summed E-state index contributed by atoms with van der Waals surface area (Å²) in [6, 6.07) is 6.78. The van der Waals surface area contributed by atoms with Crippen molar-refractivity contribution in [2.75, 3.05) is 69.3 Å². The van der Waals surface area contributed by atoms with E-state index in [1.807, 2.05) is 0 Å². The summed E-state index contributed by atoms with van der Waals surface area (Å²) in [6.07, 6.45) is -4.19. The minimum absolute atomic E-state index is 0.0567. The van der Waals surface area contributed by atoms with Crippen molar-refractivity contribution in [1.29, 1.82) is 0 Å². The van der Waals surface area contributed by atoms with Crippen LogP contribution in [-0.2, 0) is 9.47 Å². The fraction of sp³-hybridized carbons (Fsp3) is 0.579. The summed E-state index contributed by atoms with van der Waals surface area (Å²) in [5, 5.41) is 2.84. The van der Waals surface area contributed by atoms with E-state index in [2.05, 4.69) is 15.0 Å². The number of nitrogens with one attached hydrogen (secondary N) is 1. The first-order chi connectivity index (χ1) is 14.3. The molecule has 0 saturated carbocycles. The Kier molecular flexibility index (Phi) is 7.38. The molecule has 11 heteroatoms. The fourth-order valence-corrected chi connectivity index (χ4v) is 3.33. The third-order valence-corrected chi connectivity index (χ3v) is 4.86. The van der Waals surface area contributed by atoms with Crippen molar-refractivity contribution in [2.45, 2.75) is 12.6 Å². The molecule has 8 nitrogen and oxygen atoms in total. The number of urea groups is 1. The molecule has 0 bridgehead atoms. The highest BCUT2D eigenvalue weighted by Crippen LogP contribution is 2.22. The molecule has 0 aliphatic carbocycles. The van der Waals surface area contributed by atoms with E-state index >= 15 is 0 Å². The van der Waals surface area contributed by atoms with Crippen LogP contribution in [0.15, 0.2) is 24.3 Å². The highest BCUT2D eigenvalue weighted by molar-refractivity contribution is 5.93. The number of benzene rings is 1. The first-order valence-corrected chi connectivity index (χ1v) is 9.79. The molecule has 3 amide bonds. The molecular weight excluding hydrogens is 405 g/mol. The highest BCUT2D eigenvalue weighted by Gasteiger charge is 2.27. The summed E-state index contributed by atoms with van der Waals surface area (Å²) >= 11 is 0. The van der Waals surface area contributed by atoms with Gasteiger partial charge in [0.1, 0.15) is 13.2 Å². The van der Waals surface area contributed by atoms with E-state index in [1.54, 1.807) is 29.2 Å². The van der Waals surface area contributed by atoms with Crippen LogP contribution in [0.25, 0.3) is 0 Å². The quantitative estimate of drug-likeness (QED) is 0.674. The standard InChI is InChI=1S/C19H25F3N4O4/c20-19(21,22)14-29-11-2-5-24-6-8-25(9-7-24)17(27)23-15-3-1-4-16(13-15)26-10-12-30-18(26)28/h1,3-4,13H,2,5-12,14H2,(H,23,27). The van der Waals surface area contributed by atoms with Gasteiger partial charge >= 0.3 is 18.3 Å². The molecule has 0 atom stereocenters. The minimum Gasteiger partial charge on any atom is -0.447 e. The minimum atomic E-state index is -4.30. The molecule has 1 aromatic carbocycles. The van der Waals surface area contributed by atoms with Gasteiger partial charge in [-0.3, -0.25) is 9.80 Å². The predicted octanol–water partition coefficient (Wildman–Crippen LogP) is 2.76. The maximum atomic E-state index is 12.5. The second-order valence-electron chi connectivity index (χ2n) is 7.10. The molecule has 2 fully saturated rings. The summed E-state index contributed by atoms with van der Waals surface area (Å²) in [5.74, 6) is 0. The number of alkyl halides is 3. The Balaban J connectivity index is 1.39. The van der Waals surface area contributed by atoms with Gasteiger partial charge in [-0.15, -0.1) is 0 Å². The lowest BCUT2D eigenvalue weighted by molar-refractivity contribution is -0.174. The van der Waals surface area contributed by atoms with Gasteiger partial charge in [0.2, 0.25) is 0 Å². The predicted molar refractivity (Wildman–Crippen MR) is 104 cm³/mol. The molecule has 1 N–H and O–H groups in total. The summed E-state index contributed by atoms with van der Waals surface area (Å²) in [4.78, 5) is 29.5. The van der Waals surface area contributed by atoms with Crippen LogP contribution >= 0.6 is 0 Å². The maximum absolute atomic E-state index is 12.5. The topological polar surface area (TPSA) is 74.4 Å². The van der Waals surface area contributed by atoms with Gasteiger partial charge in [-0.05, 0) is 24.6 Å². The number of anilines is 2. The molecule has 0 unspecified atom stereocenters. The first kappa shape index (κ1) is 22.2. The Hall–Kier alpha value is -2.53. The summed E-state index contributed by atoms with van der Waals surface area (Å²) < 4.78 is 45.6. The average molecular weight is 430 g/mol. The number of amides is 3. The lowest BCUT2D eigenvalue weighted by atomic mass is 10.2.